The largest absolute Gasteiger partial charge is 0.379 e. The van der Waals surface area contributed by atoms with E-state index >= 15 is 0 Å². The van der Waals surface area contributed by atoms with Gasteiger partial charge in [0.05, 0.1) is 18.8 Å². The van der Waals surface area contributed by atoms with Crippen LogP contribution in [0.4, 0.5) is 5.82 Å². The van der Waals surface area contributed by atoms with E-state index in [4.69, 9.17) is 4.74 Å². The van der Waals surface area contributed by atoms with Gasteiger partial charge in [-0.2, -0.15) is 0 Å². The second-order valence-corrected chi connectivity index (χ2v) is 6.23. The number of hydrogen-bond donors (Lipinski definition) is 2. The summed E-state index contributed by atoms with van der Waals surface area (Å²) in [6.45, 7) is 7.06. The summed E-state index contributed by atoms with van der Waals surface area (Å²) in [4.78, 5) is 20.8. The zero-order valence-corrected chi connectivity index (χ0v) is 14.8. The SMILES string of the molecule is CN(C)CCCNC(=O)c1ccc(NCCN2CCOCC2)nc1. The Balaban J connectivity index is 1.66. The van der Waals surface area contributed by atoms with E-state index in [1.807, 2.05) is 26.2 Å². The minimum absolute atomic E-state index is 0.0684. The van der Waals surface area contributed by atoms with Crippen molar-refractivity contribution >= 4 is 11.7 Å². The second-order valence-electron chi connectivity index (χ2n) is 6.23. The first-order valence-corrected chi connectivity index (χ1v) is 8.58. The average molecular weight is 335 g/mol. The van der Waals surface area contributed by atoms with Crippen molar-refractivity contribution < 1.29 is 9.53 Å². The van der Waals surface area contributed by atoms with E-state index in [2.05, 4.69) is 25.4 Å². The molecule has 0 spiro atoms. The van der Waals surface area contributed by atoms with Crippen molar-refractivity contribution in [2.75, 3.05) is 71.9 Å². The van der Waals surface area contributed by atoms with Crippen molar-refractivity contribution in [2.24, 2.45) is 0 Å². The van der Waals surface area contributed by atoms with E-state index < -0.39 is 0 Å². The number of nitrogens with one attached hydrogen (secondary N) is 2. The molecule has 1 aromatic heterocycles. The molecule has 0 atom stereocenters. The number of carbonyl (C=O) groups is 1. The fourth-order valence-corrected chi connectivity index (χ4v) is 2.50. The van der Waals surface area contributed by atoms with Gasteiger partial charge in [-0.15, -0.1) is 0 Å². The highest BCUT2D eigenvalue weighted by Crippen LogP contribution is 2.05. The van der Waals surface area contributed by atoms with E-state index in [1.165, 1.54) is 0 Å². The maximum absolute atomic E-state index is 12.0. The van der Waals surface area contributed by atoms with Gasteiger partial charge in [-0.3, -0.25) is 9.69 Å². The molecule has 1 aliphatic rings. The summed E-state index contributed by atoms with van der Waals surface area (Å²) in [6.07, 6.45) is 2.56. The number of carbonyl (C=O) groups excluding carboxylic acids is 1. The number of pyridine rings is 1. The van der Waals surface area contributed by atoms with E-state index in [-0.39, 0.29) is 5.91 Å². The van der Waals surface area contributed by atoms with Crippen LogP contribution in [-0.4, -0.2) is 87.3 Å². The number of aromatic nitrogens is 1. The van der Waals surface area contributed by atoms with Gasteiger partial charge in [-0.25, -0.2) is 4.98 Å². The van der Waals surface area contributed by atoms with Crippen molar-refractivity contribution in [3.8, 4) is 0 Å². The molecule has 0 aliphatic carbocycles. The molecule has 7 nitrogen and oxygen atoms in total. The normalized spacial score (nSPS) is 15.5. The smallest absolute Gasteiger partial charge is 0.252 e. The van der Waals surface area contributed by atoms with Crippen LogP contribution < -0.4 is 10.6 Å². The van der Waals surface area contributed by atoms with Gasteiger partial charge in [0, 0.05) is 38.9 Å². The molecule has 0 aromatic carbocycles. The van der Waals surface area contributed by atoms with Crippen LogP contribution in [0, 0.1) is 0 Å². The Morgan fingerprint density at radius 2 is 2.08 bits per heavy atom. The summed E-state index contributed by atoms with van der Waals surface area (Å²) in [5, 5.41) is 6.21. The van der Waals surface area contributed by atoms with Gasteiger partial charge in [0.25, 0.3) is 5.91 Å². The number of anilines is 1. The molecule has 0 saturated carbocycles. The van der Waals surface area contributed by atoms with Crippen LogP contribution in [-0.2, 0) is 4.74 Å². The van der Waals surface area contributed by atoms with Gasteiger partial charge in [0.15, 0.2) is 0 Å². The van der Waals surface area contributed by atoms with Crippen molar-refractivity contribution in [1.29, 1.82) is 0 Å². The highest BCUT2D eigenvalue weighted by atomic mass is 16.5. The maximum atomic E-state index is 12.0. The van der Waals surface area contributed by atoms with Crippen molar-refractivity contribution in [3.05, 3.63) is 23.9 Å². The molecular formula is C17H29N5O2. The molecule has 0 radical (unpaired) electrons. The van der Waals surface area contributed by atoms with Crippen LogP contribution >= 0.6 is 0 Å². The number of amides is 1. The van der Waals surface area contributed by atoms with Crippen LogP contribution in [0.1, 0.15) is 16.8 Å². The van der Waals surface area contributed by atoms with E-state index in [0.717, 1.165) is 58.2 Å². The van der Waals surface area contributed by atoms with Crippen LogP contribution in [0.5, 0.6) is 0 Å². The number of rotatable bonds is 9. The first-order valence-electron chi connectivity index (χ1n) is 8.58. The monoisotopic (exact) mass is 335 g/mol. The van der Waals surface area contributed by atoms with Crippen LogP contribution in [0.15, 0.2) is 18.3 Å². The standard InChI is InChI=1S/C17H29N5O2/c1-21(2)8-3-6-19-17(23)15-4-5-16(20-14-15)18-7-9-22-10-12-24-13-11-22/h4-5,14H,3,6-13H2,1-2H3,(H,18,20)(H,19,23). The highest BCUT2D eigenvalue weighted by molar-refractivity contribution is 5.94. The molecule has 1 saturated heterocycles. The quantitative estimate of drug-likeness (QED) is 0.641. The maximum Gasteiger partial charge on any atom is 0.252 e. The molecule has 7 heteroatoms. The summed E-state index contributed by atoms with van der Waals surface area (Å²) in [5.41, 5.74) is 0.596. The first-order chi connectivity index (χ1) is 11.6. The number of ether oxygens (including phenoxy) is 1. The molecule has 0 bridgehead atoms. The molecule has 2 heterocycles. The predicted octanol–water partition coefficient (Wildman–Crippen LogP) is 0.507. The first kappa shape index (κ1) is 18.6. The lowest BCUT2D eigenvalue weighted by atomic mass is 10.2. The Morgan fingerprint density at radius 1 is 1.29 bits per heavy atom. The minimum Gasteiger partial charge on any atom is -0.379 e. The van der Waals surface area contributed by atoms with Gasteiger partial charge in [-0.1, -0.05) is 0 Å². The lowest BCUT2D eigenvalue weighted by molar-refractivity contribution is 0.0398. The predicted molar refractivity (Wildman–Crippen MR) is 95.5 cm³/mol. The Bertz CT molecular complexity index is 486. The number of morpholine rings is 1. The minimum atomic E-state index is -0.0684. The average Bonchev–Trinajstić information content (AvgIpc) is 2.60. The molecule has 2 rings (SSSR count). The van der Waals surface area contributed by atoms with Crippen LogP contribution in [0.2, 0.25) is 0 Å². The second kappa shape index (κ2) is 10.2. The topological polar surface area (TPSA) is 69.7 Å². The zero-order valence-electron chi connectivity index (χ0n) is 14.8. The van der Waals surface area contributed by atoms with Crippen LogP contribution in [0.25, 0.3) is 0 Å². The summed E-state index contributed by atoms with van der Waals surface area (Å²) in [5.74, 6) is 0.730. The molecule has 24 heavy (non-hydrogen) atoms. The number of hydrogen-bond acceptors (Lipinski definition) is 6. The molecule has 0 unspecified atom stereocenters. The Morgan fingerprint density at radius 3 is 2.75 bits per heavy atom. The van der Waals surface area contributed by atoms with E-state index in [1.54, 1.807) is 6.20 Å². The molecule has 134 valence electrons. The third-order valence-corrected chi connectivity index (χ3v) is 3.93. The summed E-state index contributed by atoms with van der Waals surface area (Å²) in [6, 6.07) is 3.67. The van der Waals surface area contributed by atoms with Crippen molar-refractivity contribution in [2.45, 2.75) is 6.42 Å². The lowest BCUT2D eigenvalue weighted by Crippen LogP contribution is -2.39. The van der Waals surface area contributed by atoms with Crippen molar-refractivity contribution in [3.63, 3.8) is 0 Å². The molecular weight excluding hydrogens is 306 g/mol. The summed E-state index contributed by atoms with van der Waals surface area (Å²) >= 11 is 0. The van der Waals surface area contributed by atoms with Gasteiger partial charge in [0.2, 0.25) is 0 Å². The Hall–Kier alpha value is -1.70. The van der Waals surface area contributed by atoms with Gasteiger partial charge >= 0.3 is 0 Å². The molecule has 1 amide bonds. The van der Waals surface area contributed by atoms with E-state index in [0.29, 0.717) is 12.1 Å². The lowest BCUT2D eigenvalue weighted by Gasteiger charge is -2.26. The van der Waals surface area contributed by atoms with Crippen molar-refractivity contribution in [1.82, 2.24) is 20.1 Å². The zero-order chi connectivity index (χ0) is 17.2. The summed E-state index contributed by atoms with van der Waals surface area (Å²) in [7, 11) is 4.05. The third kappa shape index (κ3) is 6.82. The summed E-state index contributed by atoms with van der Waals surface area (Å²) < 4.78 is 5.33. The Labute approximate surface area is 144 Å². The highest BCUT2D eigenvalue weighted by Gasteiger charge is 2.09. The fourth-order valence-electron chi connectivity index (χ4n) is 2.50. The fraction of sp³-hybridized carbons (Fsp3) is 0.647. The van der Waals surface area contributed by atoms with E-state index in [9.17, 15) is 4.79 Å². The Kier molecular flexibility index (Phi) is 7.94. The third-order valence-electron chi connectivity index (χ3n) is 3.93. The van der Waals surface area contributed by atoms with Gasteiger partial charge in [-0.05, 0) is 39.2 Å². The molecule has 2 N–H and O–H groups in total. The molecule has 1 fully saturated rings. The van der Waals surface area contributed by atoms with Gasteiger partial charge < -0.3 is 20.3 Å². The van der Waals surface area contributed by atoms with Crippen LogP contribution in [0.3, 0.4) is 0 Å². The number of nitrogens with zero attached hydrogens (tertiary/aromatic N) is 3. The van der Waals surface area contributed by atoms with Gasteiger partial charge in [0.1, 0.15) is 5.82 Å². The molecule has 1 aromatic rings. The molecule has 1 aliphatic heterocycles.